The van der Waals surface area contributed by atoms with Crippen LogP contribution in [-0.2, 0) is 4.79 Å². The lowest BCUT2D eigenvalue weighted by atomic mass is 9.84. The molecule has 0 spiro atoms. The van der Waals surface area contributed by atoms with Crippen molar-refractivity contribution < 1.29 is 4.79 Å². The van der Waals surface area contributed by atoms with Crippen molar-refractivity contribution in [2.24, 2.45) is 5.92 Å². The summed E-state index contributed by atoms with van der Waals surface area (Å²) in [5.74, 6) is 0.692. The van der Waals surface area contributed by atoms with Gasteiger partial charge in [-0.25, -0.2) is 0 Å². The summed E-state index contributed by atoms with van der Waals surface area (Å²) >= 11 is 0. The molecule has 0 radical (unpaired) electrons. The maximum atomic E-state index is 12.1. The summed E-state index contributed by atoms with van der Waals surface area (Å²) in [6.45, 7) is 3.41. The van der Waals surface area contributed by atoms with E-state index in [2.05, 4.69) is 27.2 Å². The minimum Gasteiger partial charge on any atom is -0.378 e. The zero-order valence-electron chi connectivity index (χ0n) is 13.5. The van der Waals surface area contributed by atoms with Gasteiger partial charge in [0.2, 0.25) is 5.91 Å². The monoisotopic (exact) mass is 299 g/mol. The Morgan fingerprint density at radius 2 is 1.91 bits per heavy atom. The highest BCUT2D eigenvalue weighted by Crippen LogP contribution is 2.27. The van der Waals surface area contributed by atoms with Crippen molar-refractivity contribution in [1.29, 1.82) is 0 Å². The molecule has 0 saturated carbocycles. The van der Waals surface area contributed by atoms with Crippen molar-refractivity contribution in [2.45, 2.75) is 18.9 Å². The third kappa shape index (κ3) is 3.50. The minimum absolute atomic E-state index is 0.0236. The molecule has 3 aliphatic heterocycles. The third-order valence-corrected chi connectivity index (χ3v) is 4.82. The van der Waals surface area contributed by atoms with Gasteiger partial charge in [-0.1, -0.05) is 12.1 Å². The smallest absolute Gasteiger partial charge is 0.244 e. The molecule has 4 heteroatoms. The van der Waals surface area contributed by atoms with E-state index in [-0.39, 0.29) is 5.91 Å². The van der Waals surface area contributed by atoms with Crippen molar-refractivity contribution in [2.75, 3.05) is 38.6 Å². The van der Waals surface area contributed by atoms with E-state index in [1.807, 2.05) is 32.3 Å². The van der Waals surface area contributed by atoms with Gasteiger partial charge in [-0.15, -0.1) is 0 Å². The van der Waals surface area contributed by atoms with E-state index >= 15 is 0 Å². The van der Waals surface area contributed by atoms with Gasteiger partial charge in [-0.3, -0.25) is 4.79 Å². The number of anilines is 1. The molecule has 4 rings (SSSR count). The molecule has 3 aliphatic rings. The molecule has 2 bridgehead atoms. The Morgan fingerprint density at radius 1 is 1.23 bits per heavy atom. The molecule has 0 unspecified atom stereocenters. The lowest BCUT2D eigenvalue weighted by Crippen LogP contribution is -2.57. The second kappa shape index (κ2) is 6.53. The number of rotatable bonds is 4. The first kappa shape index (κ1) is 15.1. The molecule has 22 heavy (non-hydrogen) atoms. The van der Waals surface area contributed by atoms with Crippen LogP contribution in [0.15, 0.2) is 30.3 Å². The number of nitrogens with one attached hydrogen (secondary N) is 1. The minimum atomic E-state index is 0.0236. The molecule has 4 nitrogen and oxygen atoms in total. The number of benzene rings is 1. The van der Waals surface area contributed by atoms with Crippen LogP contribution in [0.4, 0.5) is 5.69 Å². The second-order valence-electron chi connectivity index (χ2n) is 6.57. The van der Waals surface area contributed by atoms with E-state index in [1.165, 1.54) is 25.9 Å². The number of hydrogen-bond acceptors (Lipinski definition) is 3. The highest BCUT2D eigenvalue weighted by Gasteiger charge is 2.34. The van der Waals surface area contributed by atoms with Crippen LogP contribution in [0.2, 0.25) is 0 Å². The van der Waals surface area contributed by atoms with E-state index in [1.54, 1.807) is 6.08 Å². The summed E-state index contributed by atoms with van der Waals surface area (Å²) in [7, 11) is 4.04. The summed E-state index contributed by atoms with van der Waals surface area (Å²) in [6.07, 6.45) is 5.99. The lowest BCUT2D eigenvalue weighted by Gasteiger charge is -2.44. The highest BCUT2D eigenvalue weighted by atomic mass is 16.1. The fraction of sp³-hybridized carbons (Fsp3) is 0.500. The third-order valence-electron chi connectivity index (χ3n) is 4.82. The van der Waals surface area contributed by atoms with Crippen LogP contribution in [0.1, 0.15) is 18.4 Å². The van der Waals surface area contributed by atoms with Crippen LogP contribution in [0.5, 0.6) is 0 Å². The summed E-state index contributed by atoms with van der Waals surface area (Å²) in [5.41, 5.74) is 2.21. The Hall–Kier alpha value is -1.81. The number of hydrogen-bond donors (Lipinski definition) is 1. The van der Waals surface area contributed by atoms with Gasteiger partial charge in [0.25, 0.3) is 0 Å². The standard InChI is InChI=1S/C18H25N3O/c1-20(2)16-6-3-14(4-7-16)5-8-18(22)19-17-13-21-11-9-15(17)10-12-21/h3-8,15,17H,9-13H2,1-2H3,(H,19,22)/t17-/m0/s1. The molecular formula is C18H25N3O. The van der Waals surface area contributed by atoms with Gasteiger partial charge in [-0.05, 0) is 55.6 Å². The summed E-state index contributed by atoms with van der Waals surface area (Å²) in [4.78, 5) is 16.6. The van der Waals surface area contributed by atoms with Crippen LogP contribution < -0.4 is 10.2 Å². The van der Waals surface area contributed by atoms with Crippen molar-refractivity contribution in [1.82, 2.24) is 10.2 Å². The van der Waals surface area contributed by atoms with Gasteiger partial charge in [0.05, 0.1) is 0 Å². The maximum absolute atomic E-state index is 12.1. The zero-order valence-corrected chi connectivity index (χ0v) is 13.5. The van der Waals surface area contributed by atoms with Crippen LogP contribution in [0.3, 0.4) is 0 Å². The molecule has 118 valence electrons. The zero-order chi connectivity index (χ0) is 15.5. The molecule has 3 saturated heterocycles. The highest BCUT2D eigenvalue weighted by molar-refractivity contribution is 5.92. The number of carbonyl (C=O) groups excluding carboxylic acids is 1. The van der Waals surface area contributed by atoms with Gasteiger partial charge >= 0.3 is 0 Å². The largest absolute Gasteiger partial charge is 0.378 e. The van der Waals surface area contributed by atoms with Crippen molar-refractivity contribution in [3.05, 3.63) is 35.9 Å². The Balaban J connectivity index is 1.55. The molecule has 1 N–H and O–H groups in total. The van der Waals surface area contributed by atoms with E-state index in [9.17, 15) is 4.79 Å². The van der Waals surface area contributed by atoms with Gasteiger partial charge in [0.1, 0.15) is 0 Å². The lowest BCUT2D eigenvalue weighted by molar-refractivity contribution is -0.118. The van der Waals surface area contributed by atoms with E-state index in [0.717, 1.165) is 17.8 Å². The number of amides is 1. The summed E-state index contributed by atoms with van der Waals surface area (Å²) in [6, 6.07) is 8.52. The Labute approximate surface area is 132 Å². The van der Waals surface area contributed by atoms with Gasteiger partial charge < -0.3 is 15.1 Å². The molecule has 1 atom stereocenters. The average Bonchev–Trinajstić information content (AvgIpc) is 2.54. The van der Waals surface area contributed by atoms with Gasteiger partial charge in [0, 0.05) is 38.4 Å². The van der Waals surface area contributed by atoms with Gasteiger partial charge in [0.15, 0.2) is 0 Å². The molecule has 0 aliphatic carbocycles. The second-order valence-corrected chi connectivity index (χ2v) is 6.57. The van der Waals surface area contributed by atoms with E-state index in [0.29, 0.717) is 12.0 Å². The number of fused-ring (bicyclic) bond motifs is 3. The maximum Gasteiger partial charge on any atom is 0.244 e. The topological polar surface area (TPSA) is 35.6 Å². The predicted molar refractivity (Wildman–Crippen MR) is 90.9 cm³/mol. The van der Waals surface area contributed by atoms with E-state index in [4.69, 9.17) is 0 Å². The van der Waals surface area contributed by atoms with Crippen LogP contribution in [0.25, 0.3) is 6.08 Å². The van der Waals surface area contributed by atoms with Crippen molar-refractivity contribution in [3.8, 4) is 0 Å². The molecule has 3 heterocycles. The van der Waals surface area contributed by atoms with Crippen molar-refractivity contribution >= 4 is 17.7 Å². The first-order valence-electron chi connectivity index (χ1n) is 8.10. The summed E-state index contributed by atoms with van der Waals surface area (Å²) < 4.78 is 0. The number of piperidine rings is 3. The van der Waals surface area contributed by atoms with Crippen molar-refractivity contribution in [3.63, 3.8) is 0 Å². The van der Waals surface area contributed by atoms with Gasteiger partial charge in [-0.2, -0.15) is 0 Å². The van der Waals surface area contributed by atoms with Crippen LogP contribution >= 0.6 is 0 Å². The Morgan fingerprint density at radius 3 is 2.45 bits per heavy atom. The normalized spacial score (nSPS) is 27.1. The fourth-order valence-corrected chi connectivity index (χ4v) is 3.41. The molecular weight excluding hydrogens is 274 g/mol. The molecule has 1 aromatic carbocycles. The quantitative estimate of drug-likeness (QED) is 0.864. The average molecular weight is 299 g/mol. The fourth-order valence-electron chi connectivity index (χ4n) is 3.41. The number of carbonyl (C=O) groups is 1. The first-order valence-corrected chi connectivity index (χ1v) is 8.10. The predicted octanol–water partition coefficient (Wildman–Crippen LogP) is 1.98. The Kier molecular flexibility index (Phi) is 4.48. The first-order chi connectivity index (χ1) is 10.6. The molecule has 3 fully saturated rings. The van der Waals surface area contributed by atoms with Crippen LogP contribution in [-0.4, -0.2) is 50.6 Å². The number of nitrogens with zero attached hydrogens (tertiary/aromatic N) is 2. The van der Waals surface area contributed by atoms with E-state index < -0.39 is 0 Å². The Bertz CT molecular complexity index is 542. The summed E-state index contributed by atoms with van der Waals surface area (Å²) in [5, 5.41) is 3.17. The van der Waals surface area contributed by atoms with Crippen LogP contribution in [0, 0.1) is 5.92 Å². The SMILES string of the molecule is CN(C)c1ccc(C=CC(=O)N[C@H]2CN3CCC2CC3)cc1. The molecule has 1 aromatic rings. The molecule has 0 aromatic heterocycles. The molecule has 1 amide bonds.